The Labute approximate surface area is 212 Å². The van der Waals surface area contributed by atoms with Gasteiger partial charge in [0.15, 0.2) is 11.5 Å². The molecule has 0 spiro atoms. The number of nitrogens with one attached hydrogen (secondary N) is 1. The molecule has 1 amide bonds. The van der Waals surface area contributed by atoms with E-state index in [1.54, 1.807) is 18.3 Å². The molecule has 0 heterocycles. The number of aryl methyl sites for hydroxylation is 1. The van der Waals surface area contributed by atoms with Crippen molar-refractivity contribution in [1.29, 1.82) is 0 Å². The summed E-state index contributed by atoms with van der Waals surface area (Å²) in [6.07, 6.45) is 1.24. The third kappa shape index (κ3) is 8.43. The molecule has 0 saturated heterocycles. The molecule has 0 aliphatic carbocycles. The maximum atomic E-state index is 12.2. The minimum atomic E-state index is -0.739. The normalized spacial score (nSPS) is 11.8. The Morgan fingerprint density at radius 3 is 2.47 bits per heavy atom. The molecule has 0 bridgehead atoms. The number of nitrogens with zero attached hydrogens (tertiary/aromatic N) is 1. The van der Waals surface area contributed by atoms with E-state index in [-0.39, 0.29) is 18.7 Å². The summed E-state index contributed by atoms with van der Waals surface area (Å²) in [5, 5.41) is 14.4. The molecule has 7 nitrogen and oxygen atoms in total. The van der Waals surface area contributed by atoms with Crippen molar-refractivity contribution in [2.24, 2.45) is 5.10 Å². The van der Waals surface area contributed by atoms with E-state index in [2.05, 4.69) is 16.6 Å². The molecule has 0 aromatic heterocycles. The first-order valence-corrected chi connectivity index (χ1v) is 12.2. The lowest BCUT2D eigenvalue weighted by Gasteiger charge is -2.13. The Morgan fingerprint density at radius 2 is 1.75 bits per heavy atom. The van der Waals surface area contributed by atoms with Gasteiger partial charge in [0.25, 0.3) is 0 Å². The lowest BCUT2D eigenvalue weighted by Crippen LogP contribution is -2.18. The standard InChI is InChI=1S/C29H34N2O5/c1-4-34-25-12-10-24(11-13-25)26(32)14-16-29(33)31-30-19-22-9-15-27(28(18-22)35-5-2)36-20-23-8-6-7-21(3)17-23/h6-13,15,17-19,26,32H,4-5,14,16,20H2,1-3H3,(H,31,33)/b30-19-/t26-/m1/s1. The van der Waals surface area contributed by atoms with Crippen molar-refractivity contribution in [3.8, 4) is 17.2 Å². The summed E-state index contributed by atoms with van der Waals surface area (Å²) in [7, 11) is 0. The van der Waals surface area contributed by atoms with Crippen LogP contribution in [0.2, 0.25) is 0 Å². The summed E-state index contributed by atoms with van der Waals surface area (Å²) in [5.74, 6) is 1.72. The number of ether oxygens (including phenoxy) is 3. The number of hydrazone groups is 1. The third-order valence-corrected chi connectivity index (χ3v) is 5.37. The first-order valence-electron chi connectivity index (χ1n) is 12.2. The Morgan fingerprint density at radius 1 is 0.972 bits per heavy atom. The van der Waals surface area contributed by atoms with E-state index in [9.17, 15) is 9.90 Å². The van der Waals surface area contributed by atoms with E-state index in [0.29, 0.717) is 31.3 Å². The number of carbonyl (C=O) groups is 1. The third-order valence-electron chi connectivity index (χ3n) is 5.37. The van der Waals surface area contributed by atoms with Gasteiger partial charge < -0.3 is 19.3 Å². The second-order valence-corrected chi connectivity index (χ2v) is 8.27. The largest absolute Gasteiger partial charge is 0.494 e. The molecule has 0 aliphatic heterocycles. The first-order chi connectivity index (χ1) is 17.5. The van der Waals surface area contributed by atoms with E-state index < -0.39 is 6.10 Å². The smallest absolute Gasteiger partial charge is 0.240 e. The van der Waals surface area contributed by atoms with Crippen LogP contribution in [0.4, 0.5) is 0 Å². The van der Waals surface area contributed by atoms with Gasteiger partial charge in [0, 0.05) is 6.42 Å². The van der Waals surface area contributed by atoms with Gasteiger partial charge in [0.2, 0.25) is 5.91 Å². The number of hydrogen-bond donors (Lipinski definition) is 2. The average Bonchev–Trinajstić information content (AvgIpc) is 2.88. The highest BCUT2D eigenvalue weighted by Crippen LogP contribution is 2.29. The van der Waals surface area contributed by atoms with Crippen molar-refractivity contribution in [1.82, 2.24) is 5.43 Å². The van der Waals surface area contributed by atoms with Crippen LogP contribution in [0.1, 0.15) is 55.0 Å². The van der Waals surface area contributed by atoms with Gasteiger partial charge in [-0.2, -0.15) is 5.10 Å². The first kappa shape index (κ1) is 26.8. The van der Waals surface area contributed by atoms with E-state index in [1.165, 1.54) is 5.56 Å². The van der Waals surface area contributed by atoms with Crippen LogP contribution in [0.3, 0.4) is 0 Å². The predicted octanol–water partition coefficient (Wildman–Crippen LogP) is 5.34. The molecule has 0 fully saturated rings. The van der Waals surface area contributed by atoms with E-state index >= 15 is 0 Å². The molecule has 0 radical (unpaired) electrons. The van der Waals surface area contributed by atoms with Crippen molar-refractivity contribution in [2.45, 2.75) is 46.3 Å². The fourth-order valence-electron chi connectivity index (χ4n) is 3.58. The Kier molecular flexibility index (Phi) is 10.3. The molecule has 36 heavy (non-hydrogen) atoms. The van der Waals surface area contributed by atoms with E-state index in [0.717, 1.165) is 22.4 Å². The summed E-state index contributed by atoms with van der Waals surface area (Å²) >= 11 is 0. The summed E-state index contributed by atoms with van der Waals surface area (Å²) in [5.41, 5.74) is 6.27. The minimum absolute atomic E-state index is 0.141. The zero-order chi connectivity index (χ0) is 25.8. The van der Waals surface area contributed by atoms with Gasteiger partial charge in [-0.3, -0.25) is 4.79 Å². The van der Waals surface area contributed by atoms with Crippen LogP contribution in [0.25, 0.3) is 0 Å². The van der Waals surface area contributed by atoms with Crippen LogP contribution >= 0.6 is 0 Å². The van der Waals surface area contributed by atoms with Gasteiger partial charge in [-0.15, -0.1) is 0 Å². The molecular formula is C29H34N2O5. The number of hydrogen-bond acceptors (Lipinski definition) is 6. The number of aliphatic hydroxyl groups excluding tert-OH is 1. The molecule has 190 valence electrons. The predicted molar refractivity (Wildman–Crippen MR) is 141 cm³/mol. The summed E-state index contributed by atoms with van der Waals surface area (Å²) in [6.45, 7) is 7.39. The van der Waals surface area contributed by atoms with Gasteiger partial charge in [0.1, 0.15) is 12.4 Å². The van der Waals surface area contributed by atoms with E-state index in [1.807, 2.05) is 69.3 Å². The van der Waals surface area contributed by atoms with Crippen molar-refractivity contribution in [3.63, 3.8) is 0 Å². The van der Waals surface area contributed by atoms with Gasteiger partial charge in [-0.1, -0.05) is 42.0 Å². The van der Waals surface area contributed by atoms with Crippen LogP contribution < -0.4 is 19.6 Å². The monoisotopic (exact) mass is 490 g/mol. The number of amides is 1. The zero-order valence-electron chi connectivity index (χ0n) is 21.1. The highest BCUT2D eigenvalue weighted by Gasteiger charge is 2.11. The number of carbonyl (C=O) groups excluding carboxylic acids is 1. The van der Waals surface area contributed by atoms with Crippen LogP contribution in [0.15, 0.2) is 71.8 Å². The van der Waals surface area contributed by atoms with E-state index in [4.69, 9.17) is 14.2 Å². The lowest BCUT2D eigenvalue weighted by molar-refractivity contribution is -0.121. The molecular weight excluding hydrogens is 456 g/mol. The molecule has 3 aromatic carbocycles. The molecule has 3 aromatic rings. The number of rotatable bonds is 13. The minimum Gasteiger partial charge on any atom is -0.494 e. The van der Waals surface area contributed by atoms with Crippen LogP contribution in [0, 0.1) is 6.92 Å². The maximum absolute atomic E-state index is 12.2. The van der Waals surface area contributed by atoms with Gasteiger partial charge in [-0.05, 0) is 74.2 Å². The maximum Gasteiger partial charge on any atom is 0.240 e. The summed E-state index contributed by atoms with van der Waals surface area (Å²) in [6, 6.07) is 20.9. The molecule has 1 atom stereocenters. The van der Waals surface area contributed by atoms with Crippen molar-refractivity contribution < 1.29 is 24.1 Å². The van der Waals surface area contributed by atoms with Crippen molar-refractivity contribution in [2.75, 3.05) is 13.2 Å². The van der Waals surface area contributed by atoms with Crippen LogP contribution in [-0.2, 0) is 11.4 Å². The fraction of sp³-hybridized carbons (Fsp3) is 0.310. The Hall–Kier alpha value is -3.84. The van der Waals surface area contributed by atoms with Crippen LogP contribution in [0.5, 0.6) is 17.2 Å². The Bertz CT molecular complexity index is 1140. The average molecular weight is 491 g/mol. The number of aliphatic hydroxyl groups is 1. The highest BCUT2D eigenvalue weighted by atomic mass is 16.5. The molecule has 7 heteroatoms. The zero-order valence-corrected chi connectivity index (χ0v) is 21.1. The fourth-order valence-corrected chi connectivity index (χ4v) is 3.58. The molecule has 3 rings (SSSR count). The summed E-state index contributed by atoms with van der Waals surface area (Å²) in [4.78, 5) is 12.2. The lowest BCUT2D eigenvalue weighted by atomic mass is 10.0. The van der Waals surface area contributed by atoms with Gasteiger partial charge >= 0.3 is 0 Å². The number of benzene rings is 3. The molecule has 0 aliphatic rings. The second kappa shape index (κ2) is 13.9. The quantitative estimate of drug-likeness (QED) is 0.250. The molecule has 0 saturated carbocycles. The van der Waals surface area contributed by atoms with Gasteiger partial charge in [0.05, 0.1) is 25.5 Å². The molecule has 0 unspecified atom stereocenters. The van der Waals surface area contributed by atoms with Crippen molar-refractivity contribution >= 4 is 12.1 Å². The molecule has 2 N–H and O–H groups in total. The Balaban J connectivity index is 1.50. The van der Waals surface area contributed by atoms with Crippen molar-refractivity contribution in [3.05, 3.63) is 89.0 Å². The SMILES string of the molecule is CCOc1ccc([C@H](O)CCC(=O)N/N=C\c2ccc(OCc3cccc(C)c3)c(OCC)c2)cc1. The highest BCUT2D eigenvalue weighted by molar-refractivity contribution is 5.83. The topological polar surface area (TPSA) is 89.4 Å². The summed E-state index contributed by atoms with van der Waals surface area (Å²) < 4.78 is 17.1. The van der Waals surface area contributed by atoms with Crippen LogP contribution in [-0.4, -0.2) is 30.4 Å². The second-order valence-electron chi connectivity index (χ2n) is 8.27. The van der Waals surface area contributed by atoms with Gasteiger partial charge in [-0.25, -0.2) is 5.43 Å².